The molecule has 1 heterocycles. The summed E-state index contributed by atoms with van der Waals surface area (Å²) in [5.41, 5.74) is 2.40. The number of nitrogens with zero attached hydrogens (tertiary/aromatic N) is 1. The van der Waals surface area contributed by atoms with Gasteiger partial charge in [0.1, 0.15) is 0 Å². The average molecular weight is 281 g/mol. The van der Waals surface area contributed by atoms with Gasteiger partial charge in [0.15, 0.2) is 0 Å². The van der Waals surface area contributed by atoms with E-state index >= 15 is 0 Å². The number of ether oxygens (including phenoxy) is 1. The first kappa shape index (κ1) is 13.2. The Morgan fingerprint density at radius 2 is 2.32 bits per heavy atom. The summed E-state index contributed by atoms with van der Waals surface area (Å²) >= 11 is 6.48. The molecule has 0 radical (unpaired) electrons. The molecular formula is C15H21ClN2O. The zero-order chi connectivity index (χ0) is 13.2. The summed E-state index contributed by atoms with van der Waals surface area (Å²) in [6.07, 6.45) is 4.08. The highest BCUT2D eigenvalue weighted by Crippen LogP contribution is 2.36. The van der Waals surface area contributed by atoms with Crippen LogP contribution in [0.4, 0.5) is 5.69 Å². The molecule has 19 heavy (non-hydrogen) atoms. The molecule has 0 spiro atoms. The van der Waals surface area contributed by atoms with Crippen LogP contribution in [-0.2, 0) is 11.3 Å². The molecular weight excluding hydrogens is 260 g/mol. The molecule has 1 aliphatic carbocycles. The Morgan fingerprint density at radius 3 is 3.11 bits per heavy atom. The van der Waals surface area contributed by atoms with Gasteiger partial charge in [-0.25, -0.2) is 0 Å². The molecule has 2 atom stereocenters. The highest BCUT2D eigenvalue weighted by atomic mass is 35.5. The minimum Gasteiger partial charge on any atom is -0.374 e. The van der Waals surface area contributed by atoms with E-state index < -0.39 is 0 Å². The molecule has 1 aromatic rings. The van der Waals surface area contributed by atoms with E-state index in [9.17, 15) is 0 Å². The molecule has 0 amide bonds. The first-order valence-electron chi connectivity index (χ1n) is 7.11. The highest BCUT2D eigenvalue weighted by Gasteiger charge is 2.36. The van der Waals surface area contributed by atoms with Crippen molar-refractivity contribution in [3.8, 4) is 0 Å². The van der Waals surface area contributed by atoms with Gasteiger partial charge in [0, 0.05) is 13.1 Å². The van der Waals surface area contributed by atoms with Crippen LogP contribution in [0.15, 0.2) is 18.2 Å². The van der Waals surface area contributed by atoms with E-state index in [0.29, 0.717) is 12.1 Å². The number of benzene rings is 1. The molecule has 3 nitrogen and oxygen atoms in total. The van der Waals surface area contributed by atoms with Gasteiger partial charge < -0.3 is 15.0 Å². The molecule has 1 aliphatic heterocycles. The van der Waals surface area contributed by atoms with Crippen LogP contribution in [0.2, 0.25) is 5.02 Å². The van der Waals surface area contributed by atoms with Crippen LogP contribution in [0.25, 0.3) is 0 Å². The van der Waals surface area contributed by atoms with Crippen LogP contribution in [0, 0.1) is 0 Å². The first-order chi connectivity index (χ1) is 9.29. The Balaban J connectivity index is 1.84. The Bertz CT molecular complexity index is 452. The maximum Gasteiger partial charge on any atom is 0.0779 e. The summed E-state index contributed by atoms with van der Waals surface area (Å²) in [7, 11) is 1.95. The quantitative estimate of drug-likeness (QED) is 0.921. The third kappa shape index (κ3) is 2.60. The lowest BCUT2D eigenvalue weighted by atomic mass is 10.1. The predicted molar refractivity (Wildman–Crippen MR) is 78.9 cm³/mol. The fourth-order valence-corrected chi connectivity index (χ4v) is 3.63. The van der Waals surface area contributed by atoms with Gasteiger partial charge in [-0.2, -0.15) is 0 Å². The Morgan fingerprint density at radius 1 is 1.42 bits per heavy atom. The molecule has 2 fully saturated rings. The summed E-state index contributed by atoms with van der Waals surface area (Å²) in [6.45, 7) is 2.62. The molecule has 2 aliphatic rings. The predicted octanol–water partition coefficient (Wildman–Crippen LogP) is 2.82. The topological polar surface area (TPSA) is 24.5 Å². The van der Waals surface area contributed by atoms with Crippen molar-refractivity contribution in [3.05, 3.63) is 28.8 Å². The van der Waals surface area contributed by atoms with Crippen molar-refractivity contribution in [1.29, 1.82) is 0 Å². The van der Waals surface area contributed by atoms with Crippen LogP contribution in [0.5, 0.6) is 0 Å². The highest BCUT2D eigenvalue weighted by molar-refractivity contribution is 6.33. The molecule has 1 saturated heterocycles. The van der Waals surface area contributed by atoms with Gasteiger partial charge >= 0.3 is 0 Å². The third-order valence-corrected chi connectivity index (χ3v) is 4.49. The molecule has 1 aromatic carbocycles. The molecule has 1 N–H and O–H groups in total. The fraction of sp³-hybridized carbons (Fsp3) is 0.600. The van der Waals surface area contributed by atoms with Gasteiger partial charge in [0.25, 0.3) is 0 Å². The molecule has 4 heteroatoms. The lowest BCUT2D eigenvalue weighted by molar-refractivity contribution is 0.0256. The van der Waals surface area contributed by atoms with Crippen LogP contribution in [-0.4, -0.2) is 32.3 Å². The number of hydrogen-bond donors (Lipinski definition) is 1. The summed E-state index contributed by atoms with van der Waals surface area (Å²) in [5, 5.41) is 4.02. The largest absolute Gasteiger partial charge is 0.374 e. The normalized spacial score (nSPS) is 26.5. The number of halogens is 1. The molecule has 1 saturated carbocycles. The summed E-state index contributed by atoms with van der Waals surface area (Å²) in [4.78, 5) is 2.45. The molecule has 0 aromatic heterocycles. The van der Waals surface area contributed by atoms with Gasteiger partial charge in [0.05, 0.1) is 29.5 Å². The second-order valence-electron chi connectivity index (χ2n) is 5.42. The van der Waals surface area contributed by atoms with Crippen LogP contribution in [0.1, 0.15) is 24.8 Å². The minimum absolute atomic E-state index is 0.404. The van der Waals surface area contributed by atoms with Crippen LogP contribution >= 0.6 is 11.6 Å². The summed E-state index contributed by atoms with van der Waals surface area (Å²) in [5.74, 6) is 0. The summed E-state index contributed by atoms with van der Waals surface area (Å²) < 4.78 is 5.86. The molecule has 104 valence electrons. The fourth-order valence-electron chi connectivity index (χ4n) is 3.32. The second-order valence-corrected chi connectivity index (χ2v) is 5.82. The number of anilines is 1. The van der Waals surface area contributed by atoms with Crippen LogP contribution in [0.3, 0.4) is 0 Å². The van der Waals surface area contributed by atoms with E-state index in [-0.39, 0.29) is 0 Å². The molecule has 3 rings (SSSR count). The van der Waals surface area contributed by atoms with E-state index in [1.165, 1.54) is 30.5 Å². The van der Waals surface area contributed by atoms with E-state index in [1.54, 1.807) is 0 Å². The van der Waals surface area contributed by atoms with Crippen molar-refractivity contribution in [2.24, 2.45) is 0 Å². The molecule has 2 unspecified atom stereocenters. The number of hydrogen-bond acceptors (Lipinski definition) is 3. The van der Waals surface area contributed by atoms with Gasteiger partial charge in [0.2, 0.25) is 0 Å². The SMILES string of the molecule is CNCc1ccc(N2CCOC3CCCC32)c(Cl)c1. The minimum atomic E-state index is 0.404. The van der Waals surface area contributed by atoms with Gasteiger partial charge in [-0.05, 0) is 44.0 Å². The van der Waals surface area contributed by atoms with Gasteiger partial charge in [-0.3, -0.25) is 0 Å². The molecule has 0 bridgehead atoms. The zero-order valence-electron chi connectivity index (χ0n) is 11.4. The summed E-state index contributed by atoms with van der Waals surface area (Å²) in [6, 6.07) is 6.92. The zero-order valence-corrected chi connectivity index (χ0v) is 12.1. The number of nitrogens with one attached hydrogen (secondary N) is 1. The maximum absolute atomic E-state index is 6.48. The number of fused-ring (bicyclic) bond motifs is 1. The smallest absolute Gasteiger partial charge is 0.0779 e. The Kier molecular flexibility index (Phi) is 3.96. The van der Waals surface area contributed by atoms with E-state index in [4.69, 9.17) is 16.3 Å². The maximum atomic E-state index is 6.48. The lowest BCUT2D eigenvalue weighted by Crippen LogP contribution is -2.48. The Labute approximate surface area is 119 Å². The third-order valence-electron chi connectivity index (χ3n) is 4.18. The monoisotopic (exact) mass is 280 g/mol. The van der Waals surface area contributed by atoms with E-state index in [1.807, 2.05) is 7.05 Å². The average Bonchev–Trinajstić information content (AvgIpc) is 2.88. The van der Waals surface area contributed by atoms with Gasteiger partial charge in [-0.1, -0.05) is 17.7 Å². The van der Waals surface area contributed by atoms with Crippen molar-refractivity contribution in [2.45, 2.75) is 38.0 Å². The van der Waals surface area contributed by atoms with Crippen molar-refractivity contribution in [3.63, 3.8) is 0 Å². The van der Waals surface area contributed by atoms with E-state index in [0.717, 1.165) is 24.7 Å². The van der Waals surface area contributed by atoms with Crippen LogP contribution < -0.4 is 10.2 Å². The van der Waals surface area contributed by atoms with Crippen molar-refractivity contribution < 1.29 is 4.74 Å². The van der Waals surface area contributed by atoms with Crippen molar-refractivity contribution >= 4 is 17.3 Å². The lowest BCUT2D eigenvalue weighted by Gasteiger charge is -2.39. The standard InChI is InChI=1S/C15H21ClN2O/c1-17-10-11-5-6-13(12(16)9-11)18-7-8-19-15-4-2-3-14(15)18/h5-6,9,14-15,17H,2-4,7-8,10H2,1H3. The van der Waals surface area contributed by atoms with Crippen molar-refractivity contribution in [1.82, 2.24) is 5.32 Å². The van der Waals surface area contributed by atoms with E-state index in [2.05, 4.69) is 28.4 Å². The second kappa shape index (κ2) is 5.70. The number of morpholine rings is 1. The van der Waals surface area contributed by atoms with Crippen molar-refractivity contribution in [2.75, 3.05) is 25.1 Å². The first-order valence-corrected chi connectivity index (χ1v) is 7.48. The van der Waals surface area contributed by atoms with Gasteiger partial charge in [-0.15, -0.1) is 0 Å². The Hall–Kier alpha value is -0.770. The number of rotatable bonds is 3.